The molecule has 0 bridgehead atoms. The third-order valence-corrected chi connectivity index (χ3v) is 4.08. The van der Waals surface area contributed by atoms with Gasteiger partial charge in [-0.2, -0.15) is 0 Å². The molecule has 0 amide bonds. The van der Waals surface area contributed by atoms with Gasteiger partial charge in [0, 0.05) is 13.2 Å². The smallest absolute Gasteiger partial charge is 0.0593 e. The highest BCUT2D eigenvalue weighted by Crippen LogP contribution is 2.12. The van der Waals surface area contributed by atoms with Crippen molar-refractivity contribution in [3.8, 4) is 0 Å². The van der Waals surface area contributed by atoms with Crippen LogP contribution in [0, 0.1) is 0 Å². The quantitative estimate of drug-likeness (QED) is 0.321. The molecule has 0 aromatic carbocycles. The van der Waals surface area contributed by atoms with E-state index in [2.05, 4.69) is 25.9 Å². The summed E-state index contributed by atoms with van der Waals surface area (Å²) < 4.78 is 5.60. The molecule has 0 unspecified atom stereocenters. The molecule has 0 saturated heterocycles. The molecule has 0 N–H and O–H groups in total. The first-order valence-electron chi connectivity index (χ1n) is 9.50. The molecule has 0 aliphatic heterocycles. The molecule has 0 aliphatic carbocycles. The summed E-state index contributed by atoms with van der Waals surface area (Å²) in [5, 5.41) is 0. The van der Waals surface area contributed by atoms with Gasteiger partial charge < -0.3 is 9.64 Å². The molecule has 0 spiro atoms. The van der Waals surface area contributed by atoms with Gasteiger partial charge in [-0.3, -0.25) is 0 Å². The molecule has 0 aromatic heterocycles. The molecule has 2 nitrogen and oxygen atoms in total. The average molecular weight is 300 g/mol. The van der Waals surface area contributed by atoms with Crippen molar-refractivity contribution in [2.75, 3.05) is 33.9 Å². The molecule has 0 aromatic rings. The second-order valence-corrected chi connectivity index (χ2v) is 6.66. The summed E-state index contributed by atoms with van der Waals surface area (Å²) in [7, 11) is 4.18. The second-order valence-electron chi connectivity index (χ2n) is 6.66. The molecule has 128 valence electrons. The van der Waals surface area contributed by atoms with Crippen LogP contribution in [0.2, 0.25) is 0 Å². The molecule has 0 radical (unpaired) electrons. The summed E-state index contributed by atoms with van der Waals surface area (Å²) in [6, 6.07) is 0. The normalized spacial score (nSPS) is 11.4. The highest BCUT2D eigenvalue weighted by Gasteiger charge is 1.94. The number of hydrogen-bond acceptors (Lipinski definition) is 2. The van der Waals surface area contributed by atoms with E-state index < -0.39 is 0 Å². The lowest BCUT2D eigenvalue weighted by atomic mass is 10.0. The lowest BCUT2D eigenvalue weighted by Crippen LogP contribution is -2.18. The molecule has 21 heavy (non-hydrogen) atoms. The van der Waals surface area contributed by atoms with Crippen LogP contribution in [0.1, 0.15) is 90.4 Å². The number of rotatable bonds is 17. The summed E-state index contributed by atoms with van der Waals surface area (Å²) in [5.74, 6) is 0. The van der Waals surface area contributed by atoms with Crippen LogP contribution in [0.5, 0.6) is 0 Å². The Kier molecular flexibility index (Phi) is 17.9. The van der Waals surface area contributed by atoms with Crippen molar-refractivity contribution in [1.82, 2.24) is 4.90 Å². The Morgan fingerprint density at radius 3 is 1.43 bits per heavy atom. The highest BCUT2D eigenvalue weighted by molar-refractivity contribution is 4.49. The Balaban J connectivity index is 2.93. The Labute approximate surface area is 134 Å². The van der Waals surface area contributed by atoms with E-state index in [1.807, 2.05) is 0 Å². The Hall–Kier alpha value is -0.0800. The fraction of sp³-hybridized carbons (Fsp3) is 1.00. The van der Waals surface area contributed by atoms with Crippen molar-refractivity contribution in [1.29, 1.82) is 0 Å². The van der Waals surface area contributed by atoms with Crippen molar-refractivity contribution in [3.05, 3.63) is 0 Å². The van der Waals surface area contributed by atoms with Crippen LogP contribution < -0.4 is 0 Å². The number of ether oxygens (including phenoxy) is 1. The van der Waals surface area contributed by atoms with Gasteiger partial charge in [0.2, 0.25) is 0 Å². The Bertz CT molecular complexity index is 182. The van der Waals surface area contributed by atoms with E-state index in [9.17, 15) is 0 Å². The third-order valence-electron chi connectivity index (χ3n) is 4.08. The Morgan fingerprint density at radius 2 is 1.00 bits per heavy atom. The molecule has 0 atom stereocenters. The molecule has 0 fully saturated rings. The number of likely N-dealkylation sites (N-methyl/N-ethyl adjacent to an activating group) is 1. The maximum absolute atomic E-state index is 5.60. The van der Waals surface area contributed by atoms with Gasteiger partial charge >= 0.3 is 0 Å². The van der Waals surface area contributed by atoms with E-state index in [1.54, 1.807) is 0 Å². The summed E-state index contributed by atoms with van der Waals surface area (Å²) in [5.41, 5.74) is 0. The van der Waals surface area contributed by atoms with Crippen LogP contribution in [-0.4, -0.2) is 38.8 Å². The predicted octanol–water partition coefficient (Wildman–Crippen LogP) is 5.66. The minimum atomic E-state index is 0.880. The molecule has 0 saturated carbocycles. The average Bonchev–Trinajstić information content (AvgIpc) is 2.46. The first-order valence-corrected chi connectivity index (χ1v) is 9.50. The van der Waals surface area contributed by atoms with E-state index in [1.165, 1.54) is 83.5 Å². The van der Waals surface area contributed by atoms with Crippen molar-refractivity contribution in [3.63, 3.8) is 0 Å². The molecular formula is C19H41NO. The first-order chi connectivity index (χ1) is 10.3. The zero-order chi connectivity index (χ0) is 15.6. The van der Waals surface area contributed by atoms with Crippen LogP contribution in [0.15, 0.2) is 0 Å². The van der Waals surface area contributed by atoms with Crippen molar-refractivity contribution >= 4 is 0 Å². The fourth-order valence-electron chi connectivity index (χ4n) is 2.57. The zero-order valence-corrected chi connectivity index (χ0v) is 15.2. The minimum Gasteiger partial charge on any atom is -0.380 e. The second kappa shape index (κ2) is 18.0. The van der Waals surface area contributed by atoms with Gasteiger partial charge in [0.1, 0.15) is 0 Å². The predicted molar refractivity (Wildman–Crippen MR) is 95.1 cm³/mol. The highest BCUT2D eigenvalue weighted by atomic mass is 16.5. The van der Waals surface area contributed by atoms with Crippen LogP contribution in [0.3, 0.4) is 0 Å². The topological polar surface area (TPSA) is 12.5 Å². The van der Waals surface area contributed by atoms with Gasteiger partial charge in [-0.15, -0.1) is 0 Å². The largest absolute Gasteiger partial charge is 0.380 e. The number of hydrogen-bond donors (Lipinski definition) is 0. The van der Waals surface area contributed by atoms with Gasteiger partial charge in [-0.25, -0.2) is 0 Å². The summed E-state index contributed by atoms with van der Waals surface area (Å²) >= 11 is 0. The van der Waals surface area contributed by atoms with Gasteiger partial charge in [0.15, 0.2) is 0 Å². The van der Waals surface area contributed by atoms with Crippen LogP contribution >= 0.6 is 0 Å². The van der Waals surface area contributed by atoms with E-state index in [0.717, 1.165) is 19.8 Å². The van der Waals surface area contributed by atoms with Crippen LogP contribution in [-0.2, 0) is 4.74 Å². The maximum Gasteiger partial charge on any atom is 0.0593 e. The number of nitrogens with zero attached hydrogens (tertiary/aromatic N) is 1. The van der Waals surface area contributed by atoms with Crippen molar-refractivity contribution < 1.29 is 4.74 Å². The SMILES string of the molecule is CCCCCCCCCCCCCCCOCCN(C)C. The fourth-order valence-corrected chi connectivity index (χ4v) is 2.57. The summed E-state index contributed by atoms with van der Waals surface area (Å²) in [4.78, 5) is 2.17. The summed E-state index contributed by atoms with van der Waals surface area (Å²) in [6.07, 6.45) is 18.4. The molecule has 0 aliphatic rings. The van der Waals surface area contributed by atoms with Crippen LogP contribution in [0.25, 0.3) is 0 Å². The minimum absolute atomic E-state index is 0.880. The molecular weight excluding hydrogens is 258 g/mol. The van der Waals surface area contributed by atoms with Crippen LogP contribution in [0.4, 0.5) is 0 Å². The first kappa shape index (κ1) is 20.9. The van der Waals surface area contributed by atoms with E-state index >= 15 is 0 Å². The number of unbranched alkanes of at least 4 members (excludes halogenated alkanes) is 12. The maximum atomic E-state index is 5.60. The lowest BCUT2D eigenvalue weighted by Gasteiger charge is -2.09. The third kappa shape index (κ3) is 19.9. The van der Waals surface area contributed by atoms with E-state index in [4.69, 9.17) is 4.74 Å². The van der Waals surface area contributed by atoms with Gasteiger partial charge in [0.25, 0.3) is 0 Å². The summed E-state index contributed by atoms with van der Waals surface area (Å²) in [6.45, 7) is 5.16. The standard InChI is InChI=1S/C19H41NO/c1-4-5-6-7-8-9-10-11-12-13-14-15-16-18-21-19-17-20(2)3/h4-19H2,1-3H3. The monoisotopic (exact) mass is 299 g/mol. The van der Waals surface area contributed by atoms with Crippen molar-refractivity contribution in [2.24, 2.45) is 0 Å². The molecule has 0 rings (SSSR count). The van der Waals surface area contributed by atoms with Crippen molar-refractivity contribution in [2.45, 2.75) is 90.4 Å². The molecule has 2 heteroatoms. The van der Waals surface area contributed by atoms with Gasteiger partial charge in [0.05, 0.1) is 6.61 Å². The van der Waals surface area contributed by atoms with E-state index in [-0.39, 0.29) is 0 Å². The lowest BCUT2D eigenvalue weighted by molar-refractivity contribution is 0.114. The van der Waals surface area contributed by atoms with Gasteiger partial charge in [-0.1, -0.05) is 84.0 Å². The zero-order valence-electron chi connectivity index (χ0n) is 15.2. The molecule has 0 heterocycles. The Morgan fingerprint density at radius 1 is 0.571 bits per heavy atom. The van der Waals surface area contributed by atoms with Gasteiger partial charge in [-0.05, 0) is 20.5 Å². The van der Waals surface area contributed by atoms with E-state index in [0.29, 0.717) is 0 Å².